The number of hydrogen-bond acceptors (Lipinski definition) is 1. The molecule has 24 heavy (non-hydrogen) atoms. The summed E-state index contributed by atoms with van der Waals surface area (Å²) in [4.78, 5) is 15.1. The molecule has 0 spiro atoms. The van der Waals surface area contributed by atoms with E-state index in [0.717, 1.165) is 22.4 Å². The zero-order chi connectivity index (χ0) is 17.5. The van der Waals surface area contributed by atoms with E-state index in [2.05, 4.69) is 31.2 Å². The van der Waals surface area contributed by atoms with Crippen LogP contribution >= 0.6 is 11.6 Å². The van der Waals surface area contributed by atoms with Crippen molar-refractivity contribution in [1.82, 2.24) is 0 Å². The number of rotatable bonds is 2. The van der Waals surface area contributed by atoms with Crippen molar-refractivity contribution in [3.63, 3.8) is 0 Å². The monoisotopic (exact) mass is 339 g/mol. The minimum absolute atomic E-state index is 0.0940. The number of fused-ring (bicyclic) bond motifs is 1. The number of aryl methyl sites for hydroxylation is 1. The van der Waals surface area contributed by atoms with E-state index >= 15 is 0 Å². The summed E-state index contributed by atoms with van der Waals surface area (Å²) in [6, 6.07) is 15.7. The molecule has 0 saturated carbocycles. The number of anilines is 1. The van der Waals surface area contributed by atoms with Gasteiger partial charge in [0.05, 0.1) is 11.2 Å². The van der Waals surface area contributed by atoms with Crippen molar-refractivity contribution in [3.05, 3.63) is 71.3 Å². The number of halogens is 1. The summed E-state index contributed by atoms with van der Waals surface area (Å²) in [6.07, 6.45) is 2.14. The van der Waals surface area contributed by atoms with Gasteiger partial charge in [0.25, 0.3) is 0 Å². The zero-order valence-corrected chi connectivity index (χ0v) is 15.3. The zero-order valence-electron chi connectivity index (χ0n) is 14.5. The average molecular weight is 340 g/mol. The topological polar surface area (TPSA) is 20.3 Å². The third-order valence-corrected chi connectivity index (χ3v) is 4.93. The van der Waals surface area contributed by atoms with E-state index in [9.17, 15) is 4.79 Å². The van der Waals surface area contributed by atoms with Crippen molar-refractivity contribution in [2.24, 2.45) is 0 Å². The van der Waals surface area contributed by atoms with Crippen molar-refractivity contribution < 1.29 is 4.79 Å². The van der Waals surface area contributed by atoms with Crippen LogP contribution in [0.4, 0.5) is 5.69 Å². The lowest BCUT2D eigenvalue weighted by molar-refractivity contribution is -0.119. The molecule has 0 radical (unpaired) electrons. The highest BCUT2D eigenvalue weighted by Crippen LogP contribution is 2.41. The maximum atomic E-state index is 13.3. The Kier molecular flexibility index (Phi) is 4.27. The Morgan fingerprint density at radius 1 is 1.08 bits per heavy atom. The predicted octanol–water partition coefficient (Wildman–Crippen LogP) is 5.50. The van der Waals surface area contributed by atoms with Gasteiger partial charge in [0.15, 0.2) is 0 Å². The third kappa shape index (κ3) is 2.87. The number of nitrogens with zero attached hydrogens (tertiary/aromatic N) is 1. The number of amides is 1. The van der Waals surface area contributed by atoms with Crippen LogP contribution in [0.3, 0.4) is 0 Å². The van der Waals surface area contributed by atoms with E-state index in [0.29, 0.717) is 0 Å². The van der Waals surface area contributed by atoms with E-state index in [4.69, 9.17) is 11.6 Å². The van der Waals surface area contributed by atoms with Gasteiger partial charge in [-0.3, -0.25) is 4.79 Å². The highest BCUT2D eigenvalue weighted by atomic mass is 35.5. The Labute approximate surface area is 148 Å². The molecule has 1 aliphatic heterocycles. The number of benzene rings is 2. The number of allylic oxidation sites excluding steroid dienone is 1. The number of hydrogen-bond donors (Lipinski definition) is 0. The predicted molar refractivity (Wildman–Crippen MR) is 101 cm³/mol. The Bertz CT molecular complexity index is 808. The summed E-state index contributed by atoms with van der Waals surface area (Å²) in [6.45, 7) is 8.23. The largest absolute Gasteiger partial charge is 0.301 e. The lowest BCUT2D eigenvalue weighted by Crippen LogP contribution is -2.50. The fourth-order valence-corrected chi connectivity index (χ4v) is 3.67. The van der Waals surface area contributed by atoms with Crippen LogP contribution in [0.15, 0.2) is 54.6 Å². The molecule has 1 heterocycles. The molecule has 124 valence electrons. The fraction of sp³-hybridized carbons (Fsp3) is 0.286. The first-order valence-electron chi connectivity index (χ1n) is 8.15. The van der Waals surface area contributed by atoms with E-state index in [1.165, 1.54) is 5.57 Å². The second-order valence-corrected chi connectivity index (χ2v) is 7.38. The Hall–Kier alpha value is -2.06. The highest BCUT2D eigenvalue weighted by molar-refractivity contribution is 6.33. The van der Waals surface area contributed by atoms with Gasteiger partial charge in [-0.05, 0) is 50.5 Å². The summed E-state index contributed by atoms with van der Waals surface area (Å²) in [5.41, 5.74) is 4.73. The molecular formula is C21H22ClNO. The van der Waals surface area contributed by atoms with Gasteiger partial charge in [0.2, 0.25) is 5.91 Å². The van der Waals surface area contributed by atoms with Gasteiger partial charge in [-0.1, -0.05) is 48.5 Å². The minimum Gasteiger partial charge on any atom is -0.301 e. The standard InChI is InChI=1S/C21H22ClNO/c1-14-10-11-17-15(2)13-21(3,4)23(18(17)12-14)20(24)19(22)16-8-6-5-7-9-16/h5-13,19H,1-4H3/t19-/m0/s1. The summed E-state index contributed by atoms with van der Waals surface area (Å²) in [5, 5.41) is -0.703. The fourth-order valence-electron chi connectivity index (χ4n) is 3.42. The molecule has 0 unspecified atom stereocenters. The number of carbonyl (C=O) groups is 1. The van der Waals surface area contributed by atoms with Crippen molar-refractivity contribution in [3.8, 4) is 0 Å². The lowest BCUT2D eigenvalue weighted by Gasteiger charge is -2.42. The Balaban J connectivity index is 2.09. The number of alkyl halides is 1. The molecule has 3 heteroatoms. The van der Waals surface area contributed by atoms with Crippen molar-refractivity contribution in [1.29, 1.82) is 0 Å². The van der Waals surface area contributed by atoms with Crippen LogP contribution in [0.5, 0.6) is 0 Å². The Morgan fingerprint density at radius 3 is 2.42 bits per heavy atom. The van der Waals surface area contributed by atoms with E-state index < -0.39 is 10.9 Å². The van der Waals surface area contributed by atoms with Crippen molar-refractivity contribution in [2.75, 3.05) is 4.90 Å². The van der Waals surface area contributed by atoms with Crippen LogP contribution in [0.1, 0.15) is 42.8 Å². The first-order chi connectivity index (χ1) is 11.3. The second kappa shape index (κ2) is 6.10. The van der Waals surface area contributed by atoms with Crippen LogP contribution in [0, 0.1) is 6.92 Å². The van der Waals surface area contributed by atoms with Crippen LogP contribution in [0.2, 0.25) is 0 Å². The minimum atomic E-state index is -0.703. The van der Waals surface area contributed by atoms with Gasteiger partial charge in [-0.15, -0.1) is 11.6 Å². The Morgan fingerprint density at radius 2 is 1.75 bits per heavy atom. The average Bonchev–Trinajstić information content (AvgIpc) is 2.53. The second-order valence-electron chi connectivity index (χ2n) is 6.95. The maximum absolute atomic E-state index is 13.3. The molecule has 1 atom stereocenters. The summed E-state index contributed by atoms with van der Waals surface area (Å²) in [5.74, 6) is -0.0940. The van der Waals surface area contributed by atoms with Gasteiger partial charge >= 0.3 is 0 Å². The molecule has 0 aromatic heterocycles. The molecule has 0 saturated heterocycles. The highest BCUT2D eigenvalue weighted by Gasteiger charge is 2.38. The van der Waals surface area contributed by atoms with E-state index in [1.807, 2.05) is 56.0 Å². The third-order valence-electron chi connectivity index (χ3n) is 4.49. The molecule has 0 aliphatic carbocycles. The molecule has 0 bridgehead atoms. The van der Waals surface area contributed by atoms with Crippen LogP contribution in [-0.4, -0.2) is 11.4 Å². The van der Waals surface area contributed by atoms with Crippen LogP contribution in [-0.2, 0) is 4.79 Å². The van der Waals surface area contributed by atoms with Crippen LogP contribution < -0.4 is 4.90 Å². The van der Waals surface area contributed by atoms with Gasteiger partial charge < -0.3 is 4.90 Å². The first-order valence-corrected chi connectivity index (χ1v) is 8.58. The maximum Gasteiger partial charge on any atom is 0.250 e. The van der Waals surface area contributed by atoms with Crippen molar-refractivity contribution >= 4 is 28.8 Å². The first kappa shape index (κ1) is 16.8. The van der Waals surface area contributed by atoms with E-state index in [1.54, 1.807) is 0 Å². The smallest absolute Gasteiger partial charge is 0.250 e. The van der Waals surface area contributed by atoms with E-state index in [-0.39, 0.29) is 5.91 Å². The lowest BCUT2D eigenvalue weighted by atomic mass is 9.87. The molecule has 2 aromatic rings. The van der Waals surface area contributed by atoms with Gasteiger partial charge in [-0.25, -0.2) is 0 Å². The molecule has 3 rings (SSSR count). The van der Waals surface area contributed by atoms with Gasteiger partial charge in [-0.2, -0.15) is 0 Å². The van der Waals surface area contributed by atoms with Crippen molar-refractivity contribution in [2.45, 2.75) is 38.6 Å². The molecule has 0 fully saturated rings. The summed E-state index contributed by atoms with van der Waals surface area (Å²) >= 11 is 6.55. The molecule has 1 aliphatic rings. The van der Waals surface area contributed by atoms with Gasteiger partial charge in [0.1, 0.15) is 5.38 Å². The molecule has 1 amide bonds. The molecular weight excluding hydrogens is 318 g/mol. The quantitative estimate of drug-likeness (QED) is 0.661. The summed E-state index contributed by atoms with van der Waals surface area (Å²) in [7, 11) is 0. The van der Waals surface area contributed by atoms with Gasteiger partial charge in [0, 0.05) is 5.56 Å². The normalized spacial score (nSPS) is 17.0. The summed E-state index contributed by atoms with van der Waals surface area (Å²) < 4.78 is 0. The molecule has 2 aromatic carbocycles. The SMILES string of the molecule is CC1=CC(C)(C)N(C(=O)[C@@H](Cl)c2ccccc2)c2cc(C)ccc21. The molecule has 0 N–H and O–H groups in total. The van der Waals surface area contributed by atoms with Crippen LogP contribution in [0.25, 0.3) is 5.57 Å². The molecule has 2 nitrogen and oxygen atoms in total. The number of carbonyl (C=O) groups excluding carboxylic acids is 1.